The number of aromatic nitrogens is 1. The molecular weight excluding hydrogens is 318 g/mol. The second-order valence-corrected chi connectivity index (χ2v) is 6.48. The van der Waals surface area contributed by atoms with Gasteiger partial charge in [0, 0.05) is 38.3 Å². The molecule has 1 aliphatic heterocycles. The Morgan fingerprint density at radius 2 is 2.04 bits per heavy atom. The van der Waals surface area contributed by atoms with Crippen molar-refractivity contribution in [3.05, 3.63) is 47.3 Å². The molecule has 0 radical (unpaired) electrons. The number of amides is 1. The molecule has 1 aliphatic rings. The van der Waals surface area contributed by atoms with E-state index in [4.69, 9.17) is 9.26 Å². The second kappa shape index (κ2) is 7.70. The van der Waals surface area contributed by atoms with Crippen LogP contribution in [0.5, 0.6) is 5.75 Å². The molecule has 134 valence electrons. The number of nitrogens with zero attached hydrogens (tertiary/aromatic N) is 3. The molecule has 0 saturated carbocycles. The smallest absolute Gasteiger partial charge is 0.228 e. The van der Waals surface area contributed by atoms with E-state index in [1.807, 2.05) is 30.0 Å². The summed E-state index contributed by atoms with van der Waals surface area (Å²) in [5.41, 5.74) is 1.94. The minimum atomic E-state index is 0.113. The van der Waals surface area contributed by atoms with Crippen LogP contribution < -0.4 is 4.74 Å². The number of aryl methyl sites for hydroxylation is 1. The van der Waals surface area contributed by atoms with Crippen LogP contribution in [0.1, 0.15) is 30.0 Å². The average Bonchev–Trinajstić information content (AvgIpc) is 3.06. The molecule has 0 unspecified atom stereocenters. The van der Waals surface area contributed by atoms with E-state index in [0.29, 0.717) is 18.2 Å². The van der Waals surface area contributed by atoms with Gasteiger partial charge in [0.2, 0.25) is 5.91 Å². The molecule has 2 aromatic rings. The van der Waals surface area contributed by atoms with Gasteiger partial charge in [0.25, 0.3) is 0 Å². The number of hydrogen-bond donors (Lipinski definition) is 0. The van der Waals surface area contributed by atoms with E-state index in [2.05, 4.69) is 29.1 Å². The second-order valence-electron chi connectivity index (χ2n) is 6.48. The van der Waals surface area contributed by atoms with Gasteiger partial charge in [-0.2, -0.15) is 0 Å². The topological polar surface area (TPSA) is 58.8 Å². The van der Waals surface area contributed by atoms with Crippen LogP contribution in [-0.2, 0) is 11.2 Å². The predicted octanol–water partition coefficient (Wildman–Crippen LogP) is 2.44. The Kier molecular flexibility index (Phi) is 5.38. The van der Waals surface area contributed by atoms with Crippen molar-refractivity contribution in [3.8, 4) is 5.75 Å². The molecule has 1 amide bonds. The van der Waals surface area contributed by atoms with Gasteiger partial charge in [0.1, 0.15) is 11.5 Å². The zero-order chi connectivity index (χ0) is 17.8. The first-order chi connectivity index (χ1) is 12.1. The summed E-state index contributed by atoms with van der Waals surface area (Å²) in [6, 6.07) is 10.3. The SMILES string of the molecule is COc1cccc([C@H](C)N2CCN(C(=O)Cc3cc(C)on3)CC2)c1. The zero-order valence-electron chi connectivity index (χ0n) is 15.1. The summed E-state index contributed by atoms with van der Waals surface area (Å²) in [5, 5.41) is 3.90. The quantitative estimate of drug-likeness (QED) is 0.834. The maximum Gasteiger partial charge on any atom is 0.228 e. The van der Waals surface area contributed by atoms with E-state index in [1.54, 1.807) is 7.11 Å². The molecule has 3 rings (SSSR count). The van der Waals surface area contributed by atoms with Crippen molar-refractivity contribution in [1.29, 1.82) is 0 Å². The third-order valence-electron chi connectivity index (χ3n) is 4.80. The largest absolute Gasteiger partial charge is 0.497 e. The van der Waals surface area contributed by atoms with E-state index in [0.717, 1.165) is 37.7 Å². The molecule has 2 heterocycles. The molecule has 1 aromatic heterocycles. The van der Waals surface area contributed by atoms with E-state index in [-0.39, 0.29) is 5.91 Å². The van der Waals surface area contributed by atoms with Crippen LogP contribution in [0.15, 0.2) is 34.9 Å². The maximum atomic E-state index is 12.4. The molecule has 6 heteroatoms. The highest BCUT2D eigenvalue weighted by Crippen LogP contribution is 2.25. The lowest BCUT2D eigenvalue weighted by molar-refractivity contribution is -0.132. The Morgan fingerprint density at radius 3 is 2.68 bits per heavy atom. The highest BCUT2D eigenvalue weighted by molar-refractivity contribution is 5.78. The number of rotatable bonds is 5. The number of methoxy groups -OCH3 is 1. The summed E-state index contributed by atoms with van der Waals surface area (Å²) in [6.45, 7) is 7.24. The molecule has 0 spiro atoms. The highest BCUT2D eigenvalue weighted by atomic mass is 16.5. The Hall–Kier alpha value is -2.34. The molecular formula is C19H25N3O3. The molecule has 1 atom stereocenters. The van der Waals surface area contributed by atoms with Crippen LogP contribution in [0, 0.1) is 6.92 Å². The summed E-state index contributed by atoms with van der Waals surface area (Å²) in [4.78, 5) is 16.7. The van der Waals surface area contributed by atoms with Gasteiger partial charge in [-0.15, -0.1) is 0 Å². The van der Waals surface area contributed by atoms with Crippen LogP contribution >= 0.6 is 0 Å². The predicted molar refractivity (Wildman–Crippen MR) is 94.5 cm³/mol. The summed E-state index contributed by atoms with van der Waals surface area (Å²) in [6.07, 6.45) is 0.308. The molecule has 25 heavy (non-hydrogen) atoms. The van der Waals surface area contributed by atoms with Crippen molar-refractivity contribution in [3.63, 3.8) is 0 Å². The van der Waals surface area contributed by atoms with Gasteiger partial charge >= 0.3 is 0 Å². The van der Waals surface area contributed by atoms with Crippen molar-refractivity contribution in [2.24, 2.45) is 0 Å². The van der Waals surface area contributed by atoms with Crippen molar-refractivity contribution in [2.75, 3.05) is 33.3 Å². The van der Waals surface area contributed by atoms with Crippen molar-refractivity contribution in [2.45, 2.75) is 26.3 Å². The Bertz CT molecular complexity index is 720. The Labute approximate surface area is 148 Å². The van der Waals surface area contributed by atoms with Gasteiger partial charge in [-0.05, 0) is 31.5 Å². The lowest BCUT2D eigenvalue weighted by atomic mass is 10.1. The molecule has 1 saturated heterocycles. The van der Waals surface area contributed by atoms with Gasteiger partial charge in [-0.1, -0.05) is 17.3 Å². The molecule has 0 N–H and O–H groups in total. The fourth-order valence-corrected chi connectivity index (χ4v) is 3.24. The number of ether oxygens (including phenoxy) is 1. The average molecular weight is 343 g/mol. The zero-order valence-corrected chi connectivity index (χ0v) is 15.1. The minimum Gasteiger partial charge on any atom is -0.497 e. The van der Waals surface area contributed by atoms with E-state index >= 15 is 0 Å². The van der Waals surface area contributed by atoms with Crippen molar-refractivity contribution in [1.82, 2.24) is 15.0 Å². The number of benzene rings is 1. The van der Waals surface area contributed by atoms with Crippen LogP contribution in [0.2, 0.25) is 0 Å². The first-order valence-electron chi connectivity index (χ1n) is 8.65. The monoisotopic (exact) mass is 343 g/mol. The lowest BCUT2D eigenvalue weighted by Gasteiger charge is -2.38. The Balaban J connectivity index is 1.54. The fourth-order valence-electron chi connectivity index (χ4n) is 3.24. The van der Waals surface area contributed by atoms with Crippen molar-refractivity contribution < 1.29 is 14.1 Å². The van der Waals surface area contributed by atoms with E-state index in [1.165, 1.54) is 5.56 Å². The lowest BCUT2D eigenvalue weighted by Crippen LogP contribution is -2.49. The van der Waals surface area contributed by atoms with Gasteiger partial charge in [0.05, 0.1) is 19.2 Å². The Morgan fingerprint density at radius 1 is 1.28 bits per heavy atom. The van der Waals surface area contributed by atoms with Crippen LogP contribution in [-0.4, -0.2) is 54.2 Å². The van der Waals surface area contributed by atoms with Crippen LogP contribution in [0.3, 0.4) is 0 Å². The van der Waals surface area contributed by atoms with Gasteiger partial charge in [0.15, 0.2) is 0 Å². The molecule has 0 aliphatic carbocycles. The third-order valence-corrected chi connectivity index (χ3v) is 4.80. The minimum absolute atomic E-state index is 0.113. The maximum absolute atomic E-state index is 12.4. The third kappa shape index (κ3) is 4.20. The van der Waals surface area contributed by atoms with Crippen molar-refractivity contribution >= 4 is 5.91 Å². The first-order valence-corrected chi connectivity index (χ1v) is 8.65. The van der Waals surface area contributed by atoms with Gasteiger partial charge in [-0.3, -0.25) is 9.69 Å². The normalized spacial score (nSPS) is 16.7. The van der Waals surface area contributed by atoms with Crippen LogP contribution in [0.4, 0.5) is 0 Å². The summed E-state index contributed by atoms with van der Waals surface area (Å²) < 4.78 is 10.3. The van der Waals surface area contributed by atoms with Gasteiger partial charge in [-0.25, -0.2) is 0 Å². The number of carbonyl (C=O) groups excluding carboxylic acids is 1. The molecule has 1 aromatic carbocycles. The molecule has 1 fully saturated rings. The first kappa shape index (κ1) is 17.5. The molecule has 6 nitrogen and oxygen atoms in total. The standard InChI is InChI=1S/C19H25N3O3/c1-14-11-17(20-25-14)13-19(23)22-9-7-21(8-10-22)15(2)16-5-4-6-18(12-16)24-3/h4-6,11-12,15H,7-10,13H2,1-3H3/t15-/m0/s1. The number of carbonyl (C=O) groups is 1. The fraction of sp³-hybridized carbons (Fsp3) is 0.474. The molecule has 0 bridgehead atoms. The van der Waals surface area contributed by atoms with E-state index < -0.39 is 0 Å². The summed E-state index contributed by atoms with van der Waals surface area (Å²) in [5.74, 6) is 1.72. The highest BCUT2D eigenvalue weighted by Gasteiger charge is 2.25. The summed E-state index contributed by atoms with van der Waals surface area (Å²) in [7, 11) is 1.69. The summed E-state index contributed by atoms with van der Waals surface area (Å²) >= 11 is 0. The van der Waals surface area contributed by atoms with Crippen LogP contribution in [0.25, 0.3) is 0 Å². The number of piperazine rings is 1. The van der Waals surface area contributed by atoms with Gasteiger partial charge < -0.3 is 14.2 Å². The van der Waals surface area contributed by atoms with E-state index in [9.17, 15) is 4.79 Å². The number of hydrogen-bond acceptors (Lipinski definition) is 5.